The van der Waals surface area contributed by atoms with Gasteiger partial charge in [-0.25, -0.2) is 0 Å². The first-order valence-corrected chi connectivity index (χ1v) is 11.5. The first kappa shape index (κ1) is 25.3. The number of anilines is 1. The molecule has 1 saturated heterocycles. The molecule has 36 heavy (non-hydrogen) atoms. The van der Waals surface area contributed by atoms with Crippen molar-refractivity contribution in [2.24, 2.45) is 0 Å². The average molecular weight is 515 g/mol. The Bertz CT molecular complexity index is 1300. The Morgan fingerprint density at radius 2 is 1.56 bits per heavy atom. The fraction of sp³-hybridized carbons (Fsp3) is 0.320. The summed E-state index contributed by atoms with van der Waals surface area (Å²) >= 11 is 5.48. The fourth-order valence-corrected chi connectivity index (χ4v) is 4.93. The maximum Gasteiger partial charge on any atom is 0.417 e. The van der Waals surface area contributed by atoms with Crippen LogP contribution in [0.2, 0.25) is 0 Å². The van der Waals surface area contributed by atoms with Gasteiger partial charge >= 0.3 is 6.18 Å². The molecule has 0 saturated carbocycles. The van der Waals surface area contributed by atoms with Crippen LogP contribution in [0.5, 0.6) is 0 Å². The second kappa shape index (κ2) is 9.02. The van der Waals surface area contributed by atoms with E-state index in [4.69, 9.17) is 17.5 Å². The second-order valence-electron chi connectivity index (χ2n) is 8.99. The number of unbranched alkanes of at least 4 members (excludes halogenated alkanes) is 1. The standard InChI is InChI=1S/C25H21F3N4O3S/c1-24(2)22(35)32(16-10-9-15(14-29)19(13-16)25(26,27)28)23(36)31(24)12-6-5-11-30-20(33)17-7-3-4-8-18(17)21(30)34/h3-4,7-10,13H,5-6,11-12H2,1-2H3. The maximum absolute atomic E-state index is 13.5. The highest BCUT2D eigenvalue weighted by Gasteiger charge is 2.49. The average Bonchev–Trinajstić information content (AvgIpc) is 3.17. The van der Waals surface area contributed by atoms with Crippen LogP contribution in [0.4, 0.5) is 18.9 Å². The molecule has 2 aromatic rings. The van der Waals surface area contributed by atoms with E-state index in [0.717, 1.165) is 17.0 Å². The van der Waals surface area contributed by atoms with E-state index in [9.17, 15) is 27.6 Å². The monoisotopic (exact) mass is 514 g/mol. The summed E-state index contributed by atoms with van der Waals surface area (Å²) in [5, 5.41) is 9.08. The molecule has 7 nitrogen and oxygen atoms in total. The Balaban J connectivity index is 1.46. The number of amides is 3. The highest BCUT2D eigenvalue weighted by molar-refractivity contribution is 7.80. The molecule has 2 aliphatic heterocycles. The van der Waals surface area contributed by atoms with Crippen molar-refractivity contribution in [3.63, 3.8) is 0 Å². The lowest BCUT2D eigenvalue weighted by Crippen LogP contribution is -2.44. The summed E-state index contributed by atoms with van der Waals surface area (Å²) in [4.78, 5) is 42.1. The lowest BCUT2D eigenvalue weighted by Gasteiger charge is -2.29. The van der Waals surface area contributed by atoms with Gasteiger partial charge in [0.2, 0.25) is 0 Å². The number of carbonyl (C=O) groups excluding carboxylic acids is 3. The van der Waals surface area contributed by atoms with Crippen molar-refractivity contribution >= 4 is 40.7 Å². The highest BCUT2D eigenvalue weighted by atomic mass is 32.1. The smallest absolute Gasteiger partial charge is 0.334 e. The van der Waals surface area contributed by atoms with Gasteiger partial charge < -0.3 is 4.90 Å². The maximum atomic E-state index is 13.5. The number of hydrogen-bond acceptors (Lipinski definition) is 5. The van der Waals surface area contributed by atoms with Crippen LogP contribution in [0.15, 0.2) is 42.5 Å². The van der Waals surface area contributed by atoms with Gasteiger partial charge in [0.15, 0.2) is 5.11 Å². The third-order valence-corrected chi connectivity index (χ3v) is 6.81. The first-order valence-electron chi connectivity index (χ1n) is 11.1. The number of nitrogens with zero attached hydrogens (tertiary/aromatic N) is 4. The van der Waals surface area contributed by atoms with Gasteiger partial charge in [-0.05, 0) is 69.2 Å². The zero-order valence-corrected chi connectivity index (χ0v) is 20.2. The van der Waals surface area contributed by atoms with Crippen LogP contribution < -0.4 is 4.90 Å². The van der Waals surface area contributed by atoms with Gasteiger partial charge in [0.05, 0.1) is 34.0 Å². The van der Waals surface area contributed by atoms with Gasteiger partial charge in [-0.3, -0.25) is 24.2 Å². The fourth-order valence-electron chi connectivity index (χ4n) is 4.42. The molecule has 2 aliphatic rings. The molecule has 0 atom stereocenters. The number of carbonyl (C=O) groups is 3. The summed E-state index contributed by atoms with van der Waals surface area (Å²) in [6.07, 6.45) is -3.85. The van der Waals surface area contributed by atoms with E-state index in [-0.39, 0.29) is 29.2 Å². The van der Waals surface area contributed by atoms with Gasteiger partial charge in [0.25, 0.3) is 17.7 Å². The van der Waals surface area contributed by atoms with Crippen LogP contribution in [0.1, 0.15) is 58.5 Å². The van der Waals surface area contributed by atoms with E-state index in [2.05, 4.69) is 0 Å². The number of imide groups is 1. The molecule has 3 amide bonds. The van der Waals surface area contributed by atoms with Crippen molar-refractivity contribution < 1.29 is 27.6 Å². The van der Waals surface area contributed by atoms with E-state index < -0.39 is 28.7 Å². The lowest BCUT2D eigenvalue weighted by atomic mass is 10.0. The van der Waals surface area contributed by atoms with Crippen LogP contribution >= 0.6 is 12.2 Å². The van der Waals surface area contributed by atoms with Crippen molar-refractivity contribution in [2.45, 2.75) is 38.4 Å². The van der Waals surface area contributed by atoms with Crippen LogP contribution in [0, 0.1) is 11.3 Å². The number of fused-ring (bicyclic) bond motifs is 1. The largest absolute Gasteiger partial charge is 0.417 e. The molecule has 186 valence electrons. The number of halogens is 3. The quantitative estimate of drug-likeness (QED) is 0.324. The van der Waals surface area contributed by atoms with E-state index >= 15 is 0 Å². The minimum atomic E-state index is -4.77. The van der Waals surface area contributed by atoms with Crippen LogP contribution in [-0.4, -0.2) is 51.3 Å². The molecule has 0 unspecified atom stereocenters. The predicted octanol–water partition coefficient (Wildman–Crippen LogP) is 4.37. The van der Waals surface area contributed by atoms with Crippen molar-refractivity contribution in [2.75, 3.05) is 18.0 Å². The molecule has 1 fully saturated rings. The van der Waals surface area contributed by atoms with Gasteiger partial charge in [-0.15, -0.1) is 0 Å². The normalized spacial score (nSPS) is 17.2. The summed E-state index contributed by atoms with van der Waals surface area (Å²) in [5.41, 5.74) is -2.15. The number of rotatable bonds is 6. The van der Waals surface area contributed by atoms with Crippen LogP contribution in [0.25, 0.3) is 0 Å². The Labute approximate surface area is 210 Å². The molecular weight excluding hydrogens is 493 g/mol. The molecule has 0 radical (unpaired) electrons. The Hall–Kier alpha value is -3.78. The van der Waals surface area contributed by atoms with Gasteiger partial charge in [-0.1, -0.05) is 12.1 Å². The number of alkyl halides is 3. The van der Waals surface area contributed by atoms with Gasteiger partial charge in [0, 0.05) is 13.1 Å². The molecule has 2 heterocycles. The summed E-state index contributed by atoms with van der Waals surface area (Å²) in [7, 11) is 0. The minimum absolute atomic E-state index is 0.0450. The summed E-state index contributed by atoms with van der Waals surface area (Å²) < 4.78 is 40.4. The van der Waals surface area contributed by atoms with E-state index in [0.29, 0.717) is 30.5 Å². The summed E-state index contributed by atoms with van der Waals surface area (Å²) in [6, 6.07) is 11.2. The number of thiocarbonyl (C=S) groups is 1. The van der Waals surface area contributed by atoms with Gasteiger partial charge in [0.1, 0.15) is 5.54 Å². The molecule has 4 rings (SSSR count). The number of hydrogen-bond donors (Lipinski definition) is 0. The predicted molar refractivity (Wildman–Crippen MR) is 128 cm³/mol. The SMILES string of the molecule is CC1(C)C(=O)N(c2ccc(C#N)c(C(F)(F)F)c2)C(=S)N1CCCCN1C(=O)c2ccccc2C1=O. The van der Waals surface area contributed by atoms with E-state index in [1.165, 1.54) is 17.0 Å². The zero-order chi connectivity index (χ0) is 26.4. The number of nitriles is 1. The van der Waals surface area contributed by atoms with Gasteiger partial charge in [-0.2, -0.15) is 18.4 Å². The van der Waals surface area contributed by atoms with Crippen LogP contribution in [0.3, 0.4) is 0 Å². The molecular formula is C25H21F3N4O3S. The minimum Gasteiger partial charge on any atom is -0.334 e. The highest BCUT2D eigenvalue weighted by Crippen LogP contribution is 2.38. The summed E-state index contributed by atoms with van der Waals surface area (Å²) in [5.74, 6) is -1.20. The lowest BCUT2D eigenvalue weighted by molar-refractivity contribution is -0.137. The van der Waals surface area contributed by atoms with E-state index in [1.807, 2.05) is 0 Å². The topological polar surface area (TPSA) is 84.7 Å². The molecule has 0 N–H and O–H groups in total. The zero-order valence-electron chi connectivity index (χ0n) is 19.4. The molecule has 11 heteroatoms. The second-order valence-corrected chi connectivity index (χ2v) is 9.35. The first-order chi connectivity index (χ1) is 16.9. The molecule has 0 spiro atoms. The van der Waals surface area contributed by atoms with Crippen molar-refractivity contribution in [3.05, 3.63) is 64.7 Å². The summed E-state index contributed by atoms with van der Waals surface area (Å²) in [6.45, 7) is 3.73. The Kier molecular flexibility index (Phi) is 6.34. The third kappa shape index (κ3) is 4.11. The molecule has 0 aliphatic carbocycles. The Morgan fingerprint density at radius 3 is 2.11 bits per heavy atom. The molecule has 0 bridgehead atoms. The van der Waals surface area contributed by atoms with E-state index in [1.54, 1.807) is 43.0 Å². The van der Waals surface area contributed by atoms with Crippen molar-refractivity contribution in [1.29, 1.82) is 5.26 Å². The third-order valence-electron chi connectivity index (χ3n) is 6.40. The molecule has 0 aromatic heterocycles. The van der Waals surface area contributed by atoms with Crippen LogP contribution in [-0.2, 0) is 11.0 Å². The number of benzene rings is 2. The van der Waals surface area contributed by atoms with Crippen molar-refractivity contribution in [3.8, 4) is 6.07 Å². The molecule has 2 aromatic carbocycles. The van der Waals surface area contributed by atoms with Crippen molar-refractivity contribution in [1.82, 2.24) is 9.80 Å². The Morgan fingerprint density at radius 1 is 0.972 bits per heavy atom.